The van der Waals surface area contributed by atoms with E-state index in [-0.39, 0.29) is 0 Å². The van der Waals surface area contributed by atoms with Crippen LogP contribution in [0.25, 0.3) is 54.9 Å². The maximum Gasteiger partial charge on any atom is 0.140 e. The van der Waals surface area contributed by atoms with Crippen molar-refractivity contribution >= 4 is 49.2 Å². The first-order valence-electron chi connectivity index (χ1n) is 9.38. The molecule has 2 heterocycles. The number of rotatable bonds is 1. The molecule has 0 spiro atoms. The molecule has 0 aliphatic heterocycles. The minimum Gasteiger partial charge on any atom is -0.399 e. The molecule has 28 heavy (non-hydrogen) atoms. The van der Waals surface area contributed by atoms with E-state index in [1.807, 2.05) is 18.2 Å². The maximum atomic E-state index is 6.12. The molecule has 0 atom stereocenters. The zero-order valence-electron chi connectivity index (χ0n) is 15.4. The lowest BCUT2D eigenvalue weighted by molar-refractivity contribution is 1.26. The Hall–Kier alpha value is -3.79. The third-order valence-electron chi connectivity index (χ3n) is 5.62. The zero-order valence-corrected chi connectivity index (χ0v) is 15.4. The summed E-state index contributed by atoms with van der Waals surface area (Å²) in [6.07, 6.45) is 0. The van der Waals surface area contributed by atoms with E-state index in [0.29, 0.717) is 0 Å². The Morgan fingerprint density at radius 3 is 2.32 bits per heavy atom. The van der Waals surface area contributed by atoms with E-state index in [1.54, 1.807) is 0 Å². The average Bonchev–Trinajstić information content (AvgIpc) is 3.28. The maximum absolute atomic E-state index is 6.12. The number of anilines is 1. The van der Waals surface area contributed by atoms with Crippen LogP contribution >= 0.6 is 0 Å². The van der Waals surface area contributed by atoms with E-state index in [0.717, 1.165) is 44.7 Å². The van der Waals surface area contributed by atoms with Crippen molar-refractivity contribution in [3.8, 4) is 11.4 Å². The first-order chi connectivity index (χ1) is 13.7. The Labute approximate surface area is 161 Å². The Balaban J connectivity index is 1.80. The molecule has 0 fully saturated rings. The lowest BCUT2D eigenvalue weighted by Gasteiger charge is -2.06. The topological polar surface area (TPSA) is 70.5 Å². The van der Waals surface area contributed by atoms with Crippen LogP contribution in [0, 0.1) is 6.92 Å². The molecule has 0 aliphatic rings. The standard InChI is InChI=1S/C24H18N4/c1-13-21(18-8-4-5-9-20(18)26-13)24-27-22-17-7-3-2-6-15(17)16-11-10-14(25)12-19(16)23(22)28-24/h2-12,26H,25H2,1H3,(H,27,28). The number of benzene rings is 4. The van der Waals surface area contributed by atoms with Gasteiger partial charge in [-0.3, -0.25) is 0 Å². The van der Waals surface area contributed by atoms with Gasteiger partial charge in [-0.1, -0.05) is 48.5 Å². The van der Waals surface area contributed by atoms with E-state index in [2.05, 4.69) is 65.4 Å². The highest BCUT2D eigenvalue weighted by molar-refractivity contribution is 6.24. The van der Waals surface area contributed by atoms with Crippen molar-refractivity contribution in [3.63, 3.8) is 0 Å². The first kappa shape index (κ1) is 15.3. The van der Waals surface area contributed by atoms with Gasteiger partial charge in [-0.25, -0.2) is 4.98 Å². The number of imidazole rings is 1. The van der Waals surface area contributed by atoms with Gasteiger partial charge in [-0.05, 0) is 35.9 Å². The molecule has 0 unspecified atom stereocenters. The van der Waals surface area contributed by atoms with E-state index < -0.39 is 0 Å². The lowest BCUT2D eigenvalue weighted by Crippen LogP contribution is -1.86. The van der Waals surface area contributed by atoms with Crippen LogP contribution in [0.2, 0.25) is 0 Å². The van der Waals surface area contributed by atoms with Crippen LogP contribution < -0.4 is 5.73 Å². The van der Waals surface area contributed by atoms with Gasteiger partial charge in [0.25, 0.3) is 0 Å². The second-order valence-electron chi connectivity index (χ2n) is 7.33. The molecule has 6 aromatic rings. The van der Waals surface area contributed by atoms with Gasteiger partial charge in [0, 0.05) is 38.6 Å². The smallest absolute Gasteiger partial charge is 0.140 e. The van der Waals surface area contributed by atoms with Crippen molar-refractivity contribution < 1.29 is 0 Å². The third-order valence-corrected chi connectivity index (χ3v) is 5.62. The number of hydrogen-bond donors (Lipinski definition) is 3. The molecule has 0 saturated heterocycles. The second-order valence-corrected chi connectivity index (χ2v) is 7.33. The minimum atomic E-state index is 0.747. The second kappa shape index (κ2) is 5.36. The molecule has 4 aromatic carbocycles. The number of fused-ring (bicyclic) bond motifs is 7. The van der Waals surface area contributed by atoms with Gasteiger partial charge in [-0.15, -0.1) is 0 Å². The number of nitrogen functional groups attached to an aromatic ring is 1. The summed E-state index contributed by atoms with van der Waals surface area (Å²) >= 11 is 0. The number of aryl methyl sites for hydroxylation is 1. The Bertz CT molecular complexity index is 1540. The zero-order chi connectivity index (χ0) is 18.8. The van der Waals surface area contributed by atoms with Crippen molar-refractivity contribution in [1.29, 1.82) is 0 Å². The molecular formula is C24H18N4. The molecule has 6 rings (SSSR count). The number of nitrogens with zero attached hydrogens (tertiary/aromatic N) is 1. The molecule has 134 valence electrons. The van der Waals surface area contributed by atoms with Gasteiger partial charge in [0.1, 0.15) is 5.82 Å². The summed E-state index contributed by atoms with van der Waals surface area (Å²) < 4.78 is 0. The van der Waals surface area contributed by atoms with Crippen molar-refractivity contribution in [2.24, 2.45) is 0 Å². The molecule has 0 aliphatic carbocycles. The first-order valence-corrected chi connectivity index (χ1v) is 9.38. The molecular weight excluding hydrogens is 344 g/mol. The predicted octanol–water partition coefficient (Wildman–Crippen LogP) is 5.91. The van der Waals surface area contributed by atoms with Crippen LogP contribution in [-0.4, -0.2) is 15.0 Å². The summed E-state index contributed by atoms with van der Waals surface area (Å²) in [5, 5.41) is 5.80. The van der Waals surface area contributed by atoms with Crippen LogP contribution in [0.3, 0.4) is 0 Å². The summed E-state index contributed by atoms with van der Waals surface area (Å²) in [7, 11) is 0. The van der Waals surface area contributed by atoms with Gasteiger partial charge in [-0.2, -0.15) is 0 Å². The highest BCUT2D eigenvalue weighted by atomic mass is 14.9. The number of nitrogens with two attached hydrogens (primary N) is 1. The van der Waals surface area contributed by atoms with Crippen LogP contribution in [-0.2, 0) is 0 Å². The van der Waals surface area contributed by atoms with Crippen molar-refractivity contribution in [3.05, 3.63) is 72.4 Å². The Morgan fingerprint density at radius 2 is 1.46 bits per heavy atom. The quantitative estimate of drug-likeness (QED) is 0.251. The van der Waals surface area contributed by atoms with E-state index in [4.69, 9.17) is 10.7 Å². The van der Waals surface area contributed by atoms with Crippen LogP contribution in [0.4, 0.5) is 5.69 Å². The molecule has 0 radical (unpaired) electrons. The van der Waals surface area contributed by atoms with Gasteiger partial charge < -0.3 is 15.7 Å². The number of hydrogen-bond acceptors (Lipinski definition) is 2. The highest BCUT2D eigenvalue weighted by Gasteiger charge is 2.17. The van der Waals surface area contributed by atoms with Gasteiger partial charge >= 0.3 is 0 Å². The van der Waals surface area contributed by atoms with Gasteiger partial charge in [0.2, 0.25) is 0 Å². The lowest BCUT2D eigenvalue weighted by atomic mass is 9.99. The largest absolute Gasteiger partial charge is 0.399 e. The summed E-state index contributed by atoms with van der Waals surface area (Å²) in [5.41, 5.74) is 12.2. The fourth-order valence-electron chi connectivity index (χ4n) is 4.39. The molecule has 4 N–H and O–H groups in total. The number of H-pyrrole nitrogens is 2. The molecule has 0 amide bonds. The minimum absolute atomic E-state index is 0.747. The number of para-hydroxylation sites is 1. The number of nitrogens with one attached hydrogen (secondary N) is 2. The van der Waals surface area contributed by atoms with Gasteiger partial charge in [0.15, 0.2) is 0 Å². The molecule has 0 saturated carbocycles. The van der Waals surface area contributed by atoms with Crippen molar-refractivity contribution in [2.75, 3.05) is 5.73 Å². The fraction of sp³-hybridized carbons (Fsp3) is 0.0417. The molecule has 4 nitrogen and oxygen atoms in total. The summed E-state index contributed by atoms with van der Waals surface area (Å²) in [4.78, 5) is 12.1. The van der Waals surface area contributed by atoms with Crippen LogP contribution in [0.1, 0.15) is 5.69 Å². The van der Waals surface area contributed by atoms with E-state index in [1.165, 1.54) is 21.5 Å². The number of aromatic amines is 2. The Morgan fingerprint density at radius 1 is 0.750 bits per heavy atom. The summed E-state index contributed by atoms with van der Waals surface area (Å²) in [6, 6.07) is 22.9. The van der Waals surface area contributed by atoms with Crippen LogP contribution in [0.15, 0.2) is 66.7 Å². The average molecular weight is 362 g/mol. The molecule has 4 heteroatoms. The Kier molecular flexibility index (Phi) is 2.93. The fourth-order valence-corrected chi connectivity index (χ4v) is 4.39. The SMILES string of the molecule is Cc1[nH]c2ccccc2c1-c1nc2c3cc(N)ccc3c3ccccc3c2[nH]1. The molecule has 2 aromatic heterocycles. The highest BCUT2D eigenvalue weighted by Crippen LogP contribution is 2.38. The van der Waals surface area contributed by atoms with Crippen molar-refractivity contribution in [1.82, 2.24) is 15.0 Å². The van der Waals surface area contributed by atoms with Gasteiger partial charge in [0.05, 0.1) is 11.0 Å². The summed E-state index contributed by atoms with van der Waals surface area (Å²) in [6.45, 7) is 2.09. The summed E-state index contributed by atoms with van der Waals surface area (Å²) in [5.74, 6) is 0.880. The molecule has 0 bridgehead atoms. The number of aromatic nitrogens is 3. The third kappa shape index (κ3) is 1.97. The van der Waals surface area contributed by atoms with E-state index >= 15 is 0 Å². The van der Waals surface area contributed by atoms with Crippen LogP contribution in [0.5, 0.6) is 0 Å². The van der Waals surface area contributed by atoms with Crippen molar-refractivity contribution in [2.45, 2.75) is 6.92 Å². The normalized spacial score (nSPS) is 11.9. The predicted molar refractivity (Wildman–Crippen MR) is 118 cm³/mol. The monoisotopic (exact) mass is 362 g/mol. The van der Waals surface area contributed by atoms with E-state index in [9.17, 15) is 0 Å².